The molecule has 2 aromatic heterocycles. The van der Waals surface area contributed by atoms with E-state index in [1.54, 1.807) is 24.4 Å². The van der Waals surface area contributed by atoms with E-state index in [0.717, 1.165) is 36.5 Å². The van der Waals surface area contributed by atoms with Gasteiger partial charge in [-0.25, -0.2) is 10.4 Å². The molecule has 1 atom stereocenters. The summed E-state index contributed by atoms with van der Waals surface area (Å²) in [5.41, 5.74) is 4.55. The molecule has 1 saturated carbocycles. The van der Waals surface area contributed by atoms with Gasteiger partial charge in [-0.2, -0.15) is 10.1 Å². The summed E-state index contributed by atoms with van der Waals surface area (Å²) in [6.45, 7) is 2.06. The Labute approximate surface area is 158 Å². The Morgan fingerprint density at radius 3 is 2.93 bits per heavy atom. The number of H-pyrrole nitrogens is 1. The van der Waals surface area contributed by atoms with Crippen LogP contribution in [0.15, 0.2) is 29.6 Å². The summed E-state index contributed by atoms with van der Waals surface area (Å²) in [5, 5.41) is 4.20. The van der Waals surface area contributed by atoms with Crippen molar-refractivity contribution in [2.24, 2.45) is 5.10 Å². The highest BCUT2D eigenvalue weighted by molar-refractivity contribution is 6.04. The van der Waals surface area contributed by atoms with Crippen LogP contribution in [0.4, 0.5) is 17.5 Å². The van der Waals surface area contributed by atoms with Gasteiger partial charge in [-0.1, -0.05) is 19.8 Å². The number of fused-ring (bicyclic) bond motifs is 1. The first-order valence-corrected chi connectivity index (χ1v) is 9.54. The van der Waals surface area contributed by atoms with Crippen LogP contribution in [0.5, 0.6) is 0 Å². The number of hydrogen-bond donors (Lipinski definition) is 2. The number of hydrazone groups is 1. The van der Waals surface area contributed by atoms with Crippen molar-refractivity contribution < 1.29 is 4.79 Å². The van der Waals surface area contributed by atoms with Crippen LogP contribution in [-0.4, -0.2) is 46.2 Å². The van der Waals surface area contributed by atoms with E-state index in [1.807, 2.05) is 18.3 Å². The van der Waals surface area contributed by atoms with E-state index in [0.29, 0.717) is 12.0 Å². The Kier molecular flexibility index (Phi) is 4.79. The molecule has 0 spiro atoms. The lowest BCUT2D eigenvalue weighted by atomic mass is 10.0. The quantitative estimate of drug-likeness (QED) is 0.626. The maximum absolute atomic E-state index is 12.9. The fraction of sp³-hybridized carbons (Fsp3) is 0.474. The lowest BCUT2D eigenvalue weighted by molar-refractivity contribution is -0.120. The fourth-order valence-corrected chi connectivity index (χ4v) is 4.02. The molecule has 8 heteroatoms. The zero-order valence-corrected chi connectivity index (χ0v) is 15.7. The Bertz CT molecular complexity index is 827. The van der Waals surface area contributed by atoms with Gasteiger partial charge in [0.05, 0.1) is 18.1 Å². The summed E-state index contributed by atoms with van der Waals surface area (Å²) in [7, 11) is 1.80. The molecule has 2 aliphatic rings. The molecule has 27 heavy (non-hydrogen) atoms. The first kappa shape index (κ1) is 17.5. The molecule has 142 valence electrons. The highest BCUT2D eigenvalue weighted by Gasteiger charge is 2.41. The molecule has 4 rings (SSSR count). The summed E-state index contributed by atoms with van der Waals surface area (Å²) in [6, 6.07) is 4.02. The van der Waals surface area contributed by atoms with Crippen LogP contribution in [-0.2, 0) is 4.79 Å². The standard InChI is InChI=1S/C19H25N7O/c1-3-15-18(27)25(2)16-12-21-19(24-22-11-13-7-6-10-20-13)23-17(16)26(15)14-8-4-5-9-14/h6-7,10-12,14-15,20H,3-5,8-9H2,1-2H3,(H,21,23,24)/b22-11+. The van der Waals surface area contributed by atoms with Crippen LogP contribution < -0.4 is 15.2 Å². The van der Waals surface area contributed by atoms with Gasteiger partial charge in [0, 0.05) is 19.3 Å². The molecule has 1 unspecified atom stereocenters. The van der Waals surface area contributed by atoms with Gasteiger partial charge in [-0.3, -0.25) is 4.79 Å². The lowest BCUT2D eigenvalue weighted by Gasteiger charge is -2.43. The predicted molar refractivity (Wildman–Crippen MR) is 106 cm³/mol. The fourth-order valence-electron chi connectivity index (χ4n) is 4.02. The second-order valence-corrected chi connectivity index (χ2v) is 7.06. The molecule has 1 aliphatic heterocycles. The maximum atomic E-state index is 12.9. The van der Waals surface area contributed by atoms with E-state index in [4.69, 9.17) is 4.98 Å². The van der Waals surface area contributed by atoms with Crippen molar-refractivity contribution in [1.82, 2.24) is 15.0 Å². The largest absolute Gasteiger partial charge is 0.360 e. The third kappa shape index (κ3) is 3.27. The SMILES string of the molecule is CCC1C(=O)N(C)c2cnc(N/N=C/c3ccc[nH]3)nc2N1C1CCCC1. The van der Waals surface area contributed by atoms with Crippen molar-refractivity contribution in [2.45, 2.75) is 51.1 Å². The summed E-state index contributed by atoms with van der Waals surface area (Å²) in [4.78, 5) is 28.9. The molecule has 8 nitrogen and oxygen atoms in total. The van der Waals surface area contributed by atoms with Crippen molar-refractivity contribution in [1.29, 1.82) is 0 Å². The zero-order valence-electron chi connectivity index (χ0n) is 15.7. The van der Waals surface area contributed by atoms with E-state index in [2.05, 4.69) is 32.3 Å². The van der Waals surface area contributed by atoms with Crippen molar-refractivity contribution in [3.05, 3.63) is 30.2 Å². The summed E-state index contributed by atoms with van der Waals surface area (Å²) >= 11 is 0. The van der Waals surface area contributed by atoms with E-state index < -0.39 is 0 Å². The minimum absolute atomic E-state index is 0.117. The normalized spacial score (nSPS) is 20.5. The zero-order chi connectivity index (χ0) is 18.8. The number of anilines is 3. The van der Waals surface area contributed by atoms with Gasteiger partial charge in [0.25, 0.3) is 0 Å². The maximum Gasteiger partial charge on any atom is 0.249 e. The highest BCUT2D eigenvalue weighted by atomic mass is 16.2. The topological polar surface area (TPSA) is 89.5 Å². The van der Waals surface area contributed by atoms with Crippen LogP contribution in [0.3, 0.4) is 0 Å². The molecule has 0 saturated heterocycles. The number of carbonyl (C=O) groups is 1. The first-order valence-electron chi connectivity index (χ1n) is 9.54. The van der Waals surface area contributed by atoms with E-state index in [9.17, 15) is 4.79 Å². The molecule has 2 N–H and O–H groups in total. The minimum atomic E-state index is -0.171. The van der Waals surface area contributed by atoms with Crippen LogP contribution in [0.25, 0.3) is 0 Å². The van der Waals surface area contributed by atoms with Crippen LogP contribution >= 0.6 is 0 Å². The molecule has 1 aliphatic carbocycles. The number of carbonyl (C=O) groups excluding carboxylic acids is 1. The van der Waals surface area contributed by atoms with Gasteiger partial charge in [-0.15, -0.1) is 0 Å². The van der Waals surface area contributed by atoms with E-state index in [1.165, 1.54) is 12.8 Å². The number of rotatable bonds is 5. The molecule has 1 amide bonds. The van der Waals surface area contributed by atoms with Crippen LogP contribution in [0.1, 0.15) is 44.7 Å². The third-order valence-electron chi connectivity index (χ3n) is 5.40. The summed E-state index contributed by atoms with van der Waals surface area (Å²) in [5.74, 6) is 1.37. The molecule has 0 bridgehead atoms. The van der Waals surface area contributed by atoms with Crippen molar-refractivity contribution >= 4 is 29.6 Å². The van der Waals surface area contributed by atoms with Gasteiger partial charge in [0.15, 0.2) is 5.82 Å². The van der Waals surface area contributed by atoms with E-state index >= 15 is 0 Å². The van der Waals surface area contributed by atoms with Gasteiger partial charge >= 0.3 is 0 Å². The minimum Gasteiger partial charge on any atom is -0.360 e. The second-order valence-electron chi connectivity index (χ2n) is 7.06. The molecule has 0 aromatic carbocycles. The van der Waals surface area contributed by atoms with Crippen molar-refractivity contribution in [3.8, 4) is 0 Å². The molecule has 2 aromatic rings. The van der Waals surface area contributed by atoms with Crippen LogP contribution in [0, 0.1) is 0 Å². The number of aromatic amines is 1. The van der Waals surface area contributed by atoms with Crippen molar-refractivity contribution in [3.63, 3.8) is 0 Å². The molecule has 0 radical (unpaired) electrons. The number of nitrogens with zero attached hydrogens (tertiary/aromatic N) is 5. The smallest absolute Gasteiger partial charge is 0.249 e. The average Bonchev–Trinajstić information content (AvgIpc) is 3.38. The highest BCUT2D eigenvalue weighted by Crippen LogP contribution is 2.39. The average molecular weight is 367 g/mol. The lowest BCUT2D eigenvalue weighted by Crippen LogP contribution is -2.55. The van der Waals surface area contributed by atoms with Gasteiger partial charge in [0.2, 0.25) is 11.9 Å². The second kappa shape index (κ2) is 7.38. The molecule has 1 fully saturated rings. The number of likely N-dealkylation sites (N-methyl/N-ethyl adjacent to an activating group) is 1. The first-order chi connectivity index (χ1) is 13.2. The Morgan fingerprint density at radius 2 is 2.22 bits per heavy atom. The molecular weight excluding hydrogens is 342 g/mol. The summed E-state index contributed by atoms with van der Waals surface area (Å²) < 4.78 is 0. The number of nitrogens with one attached hydrogen (secondary N) is 2. The Hall–Kier alpha value is -2.90. The number of amides is 1. The monoisotopic (exact) mass is 367 g/mol. The summed E-state index contributed by atoms with van der Waals surface area (Å²) in [6.07, 6.45) is 10.6. The Morgan fingerprint density at radius 1 is 1.41 bits per heavy atom. The Balaban J connectivity index is 1.65. The van der Waals surface area contributed by atoms with Gasteiger partial charge in [-0.05, 0) is 31.4 Å². The van der Waals surface area contributed by atoms with Gasteiger partial charge < -0.3 is 14.8 Å². The van der Waals surface area contributed by atoms with Crippen molar-refractivity contribution in [2.75, 3.05) is 22.3 Å². The van der Waals surface area contributed by atoms with Gasteiger partial charge in [0.1, 0.15) is 11.7 Å². The molecule has 3 heterocycles. The number of aromatic nitrogens is 3. The molecular formula is C19H25N7O. The third-order valence-corrected chi connectivity index (χ3v) is 5.40. The van der Waals surface area contributed by atoms with E-state index in [-0.39, 0.29) is 11.9 Å². The van der Waals surface area contributed by atoms with Crippen LogP contribution in [0.2, 0.25) is 0 Å². The predicted octanol–water partition coefficient (Wildman–Crippen LogP) is 2.75. The number of hydrogen-bond acceptors (Lipinski definition) is 6.